The van der Waals surface area contributed by atoms with Crippen molar-refractivity contribution in [1.82, 2.24) is 10.2 Å². The zero-order chi connectivity index (χ0) is 13.7. The summed E-state index contributed by atoms with van der Waals surface area (Å²) in [7, 11) is 1.81. The molecule has 0 bridgehead atoms. The van der Waals surface area contributed by atoms with Gasteiger partial charge in [0.1, 0.15) is 0 Å². The molecule has 0 spiro atoms. The largest absolute Gasteiger partial charge is 0.356 e. The summed E-state index contributed by atoms with van der Waals surface area (Å²) < 4.78 is 0. The van der Waals surface area contributed by atoms with Crippen molar-refractivity contribution in [2.75, 3.05) is 20.1 Å². The molecular weight excluding hydrogens is 240 g/mol. The first-order valence-corrected chi connectivity index (χ1v) is 6.69. The molecule has 1 saturated heterocycles. The fourth-order valence-electron chi connectivity index (χ4n) is 2.34. The lowest BCUT2D eigenvalue weighted by atomic mass is 10.1. The molecule has 1 atom stereocenters. The predicted molar refractivity (Wildman–Crippen MR) is 73.5 cm³/mol. The summed E-state index contributed by atoms with van der Waals surface area (Å²) in [4.78, 5) is 24.8. The van der Waals surface area contributed by atoms with Gasteiger partial charge in [0, 0.05) is 38.9 Å². The van der Waals surface area contributed by atoms with E-state index in [0.29, 0.717) is 19.4 Å². The van der Waals surface area contributed by atoms with Crippen LogP contribution in [0.1, 0.15) is 18.4 Å². The number of likely N-dealkylation sites (tertiary alicyclic amines) is 1. The highest BCUT2D eigenvalue weighted by atomic mass is 16.2. The van der Waals surface area contributed by atoms with E-state index in [4.69, 9.17) is 0 Å². The highest BCUT2D eigenvalue weighted by molar-refractivity contribution is 5.79. The maximum Gasteiger partial charge on any atom is 0.222 e. The lowest BCUT2D eigenvalue weighted by Crippen LogP contribution is -2.30. The van der Waals surface area contributed by atoms with Crippen molar-refractivity contribution < 1.29 is 9.59 Å². The Morgan fingerprint density at radius 3 is 2.74 bits per heavy atom. The fraction of sp³-hybridized carbons (Fsp3) is 0.467. The zero-order valence-corrected chi connectivity index (χ0v) is 11.3. The van der Waals surface area contributed by atoms with Crippen LogP contribution in [-0.2, 0) is 16.0 Å². The molecule has 4 nitrogen and oxygen atoms in total. The van der Waals surface area contributed by atoms with E-state index in [9.17, 15) is 9.59 Å². The van der Waals surface area contributed by atoms with E-state index in [1.165, 1.54) is 5.56 Å². The second kappa shape index (κ2) is 6.36. The van der Waals surface area contributed by atoms with Gasteiger partial charge < -0.3 is 10.2 Å². The minimum atomic E-state index is 0.0610. The summed E-state index contributed by atoms with van der Waals surface area (Å²) >= 11 is 0. The van der Waals surface area contributed by atoms with Gasteiger partial charge in [-0.15, -0.1) is 0 Å². The van der Waals surface area contributed by atoms with E-state index >= 15 is 0 Å². The van der Waals surface area contributed by atoms with Gasteiger partial charge in [0.05, 0.1) is 0 Å². The van der Waals surface area contributed by atoms with E-state index in [-0.39, 0.29) is 17.7 Å². The van der Waals surface area contributed by atoms with Crippen LogP contribution in [0, 0.1) is 5.92 Å². The molecule has 2 amide bonds. The first kappa shape index (κ1) is 13.6. The SMILES string of the molecule is CN1CC(CNC(=O)CCc2ccccc2)CC1=O. The van der Waals surface area contributed by atoms with Crippen molar-refractivity contribution in [3.63, 3.8) is 0 Å². The molecule has 2 rings (SSSR count). The molecule has 0 radical (unpaired) electrons. The number of rotatable bonds is 5. The average molecular weight is 260 g/mol. The van der Waals surface area contributed by atoms with Gasteiger partial charge in [0.15, 0.2) is 0 Å². The zero-order valence-electron chi connectivity index (χ0n) is 11.3. The number of benzene rings is 1. The first-order valence-electron chi connectivity index (χ1n) is 6.69. The van der Waals surface area contributed by atoms with Gasteiger partial charge in [-0.25, -0.2) is 0 Å². The van der Waals surface area contributed by atoms with Gasteiger partial charge >= 0.3 is 0 Å². The van der Waals surface area contributed by atoms with Crippen molar-refractivity contribution in [2.24, 2.45) is 5.92 Å². The molecular formula is C15H20N2O2. The summed E-state index contributed by atoms with van der Waals surface area (Å²) in [5.74, 6) is 0.493. The third kappa shape index (κ3) is 4.09. The Balaban J connectivity index is 1.67. The number of aryl methyl sites for hydroxylation is 1. The lowest BCUT2D eigenvalue weighted by Gasteiger charge is -2.11. The molecule has 1 aromatic carbocycles. The monoisotopic (exact) mass is 260 g/mol. The Kier molecular flexibility index (Phi) is 4.55. The van der Waals surface area contributed by atoms with Crippen LogP contribution in [0.25, 0.3) is 0 Å². The summed E-state index contributed by atoms with van der Waals surface area (Å²) in [6, 6.07) is 9.98. The smallest absolute Gasteiger partial charge is 0.222 e. The predicted octanol–water partition coefficient (Wildman–Crippen LogP) is 1.21. The third-order valence-corrected chi connectivity index (χ3v) is 3.49. The molecule has 0 aromatic heterocycles. The second-order valence-electron chi connectivity index (χ2n) is 5.13. The average Bonchev–Trinajstić information content (AvgIpc) is 2.74. The van der Waals surface area contributed by atoms with Gasteiger partial charge in [-0.1, -0.05) is 30.3 Å². The van der Waals surface area contributed by atoms with Crippen LogP contribution >= 0.6 is 0 Å². The minimum Gasteiger partial charge on any atom is -0.356 e. The standard InChI is InChI=1S/C15H20N2O2/c1-17-11-13(9-15(17)19)10-16-14(18)8-7-12-5-3-2-4-6-12/h2-6,13H,7-11H2,1H3,(H,16,18). The van der Waals surface area contributed by atoms with Crippen molar-refractivity contribution >= 4 is 11.8 Å². The molecule has 0 aliphatic carbocycles. The van der Waals surface area contributed by atoms with Crippen molar-refractivity contribution in [3.05, 3.63) is 35.9 Å². The quantitative estimate of drug-likeness (QED) is 0.865. The summed E-state index contributed by atoms with van der Waals surface area (Å²) in [6.45, 7) is 1.35. The van der Waals surface area contributed by atoms with E-state index in [1.54, 1.807) is 11.9 Å². The topological polar surface area (TPSA) is 49.4 Å². The van der Waals surface area contributed by atoms with Crippen LogP contribution in [0.2, 0.25) is 0 Å². The Morgan fingerprint density at radius 1 is 1.37 bits per heavy atom. The molecule has 1 aliphatic rings. The van der Waals surface area contributed by atoms with Crippen LogP contribution in [0.4, 0.5) is 0 Å². The highest BCUT2D eigenvalue weighted by Crippen LogP contribution is 2.14. The number of nitrogens with one attached hydrogen (secondary N) is 1. The van der Waals surface area contributed by atoms with Crippen LogP contribution in [-0.4, -0.2) is 36.9 Å². The number of hydrogen-bond acceptors (Lipinski definition) is 2. The molecule has 1 aliphatic heterocycles. The van der Waals surface area contributed by atoms with Crippen LogP contribution in [0.5, 0.6) is 0 Å². The molecule has 1 heterocycles. The number of carbonyl (C=O) groups excluding carboxylic acids is 2. The minimum absolute atomic E-state index is 0.0610. The Labute approximate surface area is 113 Å². The maximum atomic E-state index is 11.7. The van der Waals surface area contributed by atoms with Gasteiger partial charge in [-0.05, 0) is 12.0 Å². The summed E-state index contributed by atoms with van der Waals surface area (Å²) in [6.07, 6.45) is 1.81. The number of hydrogen-bond donors (Lipinski definition) is 1. The van der Waals surface area contributed by atoms with E-state index in [1.807, 2.05) is 30.3 Å². The summed E-state index contributed by atoms with van der Waals surface area (Å²) in [5, 5.41) is 2.92. The highest BCUT2D eigenvalue weighted by Gasteiger charge is 2.26. The Morgan fingerprint density at radius 2 is 2.11 bits per heavy atom. The normalized spacial score (nSPS) is 18.7. The molecule has 1 N–H and O–H groups in total. The van der Waals surface area contributed by atoms with Gasteiger partial charge in [0.2, 0.25) is 11.8 Å². The van der Waals surface area contributed by atoms with E-state index in [2.05, 4.69) is 5.32 Å². The van der Waals surface area contributed by atoms with Crippen LogP contribution in [0.15, 0.2) is 30.3 Å². The number of amides is 2. The van der Waals surface area contributed by atoms with Gasteiger partial charge in [-0.3, -0.25) is 9.59 Å². The third-order valence-electron chi connectivity index (χ3n) is 3.49. The molecule has 0 saturated carbocycles. The van der Waals surface area contributed by atoms with Gasteiger partial charge in [-0.2, -0.15) is 0 Å². The van der Waals surface area contributed by atoms with E-state index in [0.717, 1.165) is 13.0 Å². The molecule has 1 fully saturated rings. The van der Waals surface area contributed by atoms with Crippen LogP contribution < -0.4 is 5.32 Å². The van der Waals surface area contributed by atoms with Crippen molar-refractivity contribution in [3.8, 4) is 0 Å². The molecule has 19 heavy (non-hydrogen) atoms. The molecule has 1 unspecified atom stereocenters. The van der Waals surface area contributed by atoms with Crippen molar-refractivity contribution in [2.45, 2.75) is 19.3 Å². The number of carbonyl (C=O) groups is 2. The van der Waals surface area contributed by atoms with Gasteiger partial charge in [0.25, 0.3) is 0 Å². The Bertz CT molecular complexity index is 445. The molecule has 4 heteroatoms. The fourth-order valence-corrected chi connectivity index (χ4v) is 2.34. The summed E-state index contributed by atoms with van der Waals surface area (Å²) in [5.41, 5.74) is 1.17. The second-order valence-corrected chi connectivity index (χ2v) is 5.13. The lowest BCUT2D eigenvalue weighted by molar-refractivity contribution is -0.126. The Hall–Kier alpha value is -1.84. The van der Waals surface area contributed by atoms with E-state index < -0.39 is 0 Å². The molecule has 102 valence electrons. The van der Waals surface area contributed by atoms with Crippen molar-refractivity contribution in [1.29, 1.82) is 0 Å². The number of nitrogens with zero attached hydrogens (tertiary/aromatic N) is 1. The first-order chi connectivity index (χ1) is 9.15. The molecule has 1 aromatic rings. The maximum absolute atomic E-state index is 11.7. The van der Waals surface area contributed by atoms with Crippen LogP contribution in [0.3, 0.4) is 0 Å².